The van der Waals surface area contributed by atoms with Crippen molar-refractivity contribution in [2.75, 3.05) is 18.4 Å². The molecule has 1 N–H and O–H groups in total. The lowest BCUT2D eigenvalue weighted by atomic mass is 10.2. The average molecular weight is 499 g/mol. The third-order valence-electron chi connectivity index (χ3n) is 4.55. The molecular formula is C21H21F3N4O3S2. The third kappa shape index (κ3) is 6.36. The van der Waals surface area contributed by atoms with E-state index in [9.17, 15) is 26.4 Å². The first-order valence-corrected chi connectivity index (χ1v) is 12.2. The highest BCUT2D eigenvalue weighted by atomic mass is 32.2. The van der Waals surface area contributed by atoms with E-state index in [0.29, 0.717) is 17.5 Å². The molecule has 12 heteroatoms. The summed E-state index contributed by atoms with van der Waals surface area (Å²) in [6.45, 7) is 1.60. The molecule has 0 unspecified atom stereocenters. The Kier molecular flexibility index (Phi) is 7.82. The molecule has 176 valence electrons. The number of hydrogen-bond acceptors (Lipinski definition) is 6. The number of nitrogens with one attached hydrogen (secondary N) is 1. The molecule has 1 heterocycles. The van der Waals surface area contributed by atoms with E-state index in [1.165, 1.54) is 11.3 Å². The second kappa shape index (κ2) is 10.4. The van der Waals surface area contributed by atoms with Gasteiger partial charge in [0.15, 0.2) is 0 Å². The molecule has 1 amide bonds. The predicted octanol–water partition coefficient (Wildman–Crippen LogP) is 4.65. The van der Waals surface area contributed by atoms with E-state index in [4.69, 9.17) is 0 Å². The van der Waals surface area contributed by atoms with Crippen LogP contribution in [-0.2, 0) is 21.0 Å². The number of aromatic nitrogens is 2. The molecule has 0 saturated carbocycles. The van der Waals surface area contributed by atoms with Crippen LogP contribution in [0.5, 0.6) is 0 Å². The fourth-order valence-electron chi connectivity index (χ4n) is 2.96. The van der Waals surface area contributed by atoms with Crippen LogP contribution in [0.3, 0.4) is 0 Å². The zero-order valence-corrected chi connectivity index (χ0v) is 19.2. The molecule has 7 nitrogen and oxygen atoms in total. The molecule has 0 radical (unpaired) electrons. The van der Waals surface area contributed by atoms with Gasteiger partial charge in [0, 0.05) is 25.1 Å². The van der Waals surface area contributed by atoms with Gasteiger partial charge in [-0.1, -0.05) is 54.7 Å². The molecule has 3 rings (SSSR count). The second-order valence-corrected chi connectivity index (χ2v) is 9.92. The van der Waals surface area contributed by atoms with E-state index >= 15 is 0 Å². The minimum atomic E-state index is -4.67. The molecule has 0 aliphatic heterocycles. The third-order valence-corrected chi connectivity index (χ3v) is 7.33. The summed E-state index contributed by atoms with van der Waals surface area (Å²) >= 11 is 1.17. The molecule has 1 aromatic heterocycles. The maximum atomic E-state index is 13.0. The Labute approximate surface area is 193 Å². The van der Waals surface area contributed by atoms with Crippen molar-refractivity contribution >= 4 is 32.4 Å². The topological polar surface area (TPSA) is 92.3 Å². The van der Waals surface area contributed by atoms with E-state index in [0.717, 1.165) is 28.1 Å². The van der Waals surface area contributed by atoms with E-state index in [-0.39, 0.29) is 24.6 Å². The Balaban J connectivity index is 1.68. The Morgan fingerprint density at radius 1 is 1.06 bits per heavy atom. The lowest BCUT2D eigenvalue weighted by Crippen LogP contribution is -2.34. The molecule has 0 fully saturated rings. The molecule has 0 saturated heterocycles. The number of alkyl halides is 3. The van der Waals surface area contributed by atoms with Gasteiger partial charge in [-0.05, 0) is 24.6 Å². The minimum absolute atomic E-state index is 0.0584. The van der Waals surface area contributed by atoms with Crippen LogP contribution in [0.4, 0.5) is 18.3 Å². The van der Waals surface area contributed by atoms with Crippen molar-refractivity contribution in [1.29, 1.82) is 0 Å². The summed E-state index contributed by atoms with van der Waals surface area (Å²) in [5, 5.41) is 11.4. The van der Waals surface area contributed by atoms with Crippen molar-refractivity contribution in [3.05, 3.63) is 60.2 Å². The van der Waals surface area contributed by atoms with Crippen LogP contribution < -0.4 is 5.32 Å². The fourth-order valence-corrected chi connectivity index (χ4v) is 5.31. The van der Waals surface area contributed by atoms with Crippen LogP contribution in [0, 0.1) is 0 Å². The maximum absolute atomic E-state index is 13.0. The number of nitrogens with zero attached hydrogens (tertiary/aromatic N) is 3. The number of carbonyl (C=O) groups excluding carboxylic acids is 1. The highest BCUT2D eigenvalue weighted by Crippen LogP contribution is 2.31. The largest absolute Gasteiger partial charge is 0.416 e. The first-order valence-electron chi connectivity index (χ1n) is 9.97. The van der Waals surface area contributed by atoms with E-state index in [2.05, 4.69) is 15.5 Å². The van der Waals surface area contributed by atoms with E-state index in [1.807, 2.05) is 30.3 Å². The summed E-state index contributed by atoms with van der Waals surface area (Å²) in [5.41, 5.74) is -0.208. The highest BCUT2D eigenvalue weighted by Gasteiger charge is 2.33. The van der Waals surface area contributed by atoms with Gasteiger partial charge in [0.2, 0.25) is 21.1 Å². The Morgan fingerprint density at radius 3 is 2.45 bits per heavy atom. The van der Waals surface area contributed by atoms with Crippen molar-refractivity contribution in [2.45, 2.75) is 30.8 Å². The number of anilines is 1. The van der Waals surface area contributed by atoms with Crippen molar-refractivity contribution in [3.8, 4) is 10.6 Å². The van der Waals surface area contributed by atoms with Crippen LogP contribution in [0.2, 0.25) is 0 Å². The monoisotopic (exact) mass is 498 g/mol. The Hall–Kier alpha value is -2.83. The van der Waals surface area contributed by atoms with Gasteiger partial charge >= 0.3 is 6.18 Å². The number of benzene rings is 2. The number of carbonyl (C=O) groups is 1. The molecule has 0 aliphatic carbocycles. The number of rotatable bonds is 9. The summed E-state index contributed by atoms with van der Waals surface area (Å²) in [5.74, 6) is -0.480. The first-order chi connectivity index (χ1) is 15.6. The lowest BCUT2D eigenvalue weighted by molar-refractivity contribution is -0.137. The molecule has 0 spiro atoms. The standard InChI is InChI=1S/C21H21F3N4O3S2/c1-2-12-28(33(30,31)17-10-6-9-16(14-17)21(22,23)24)13-11-18(29)25-20-27-26-19(32-20)15-7-4-3-5-8-15/h3-10,14H,2,11-13H2,1H3,(H,25,27,29). The Bertz CT molecular complexity index is 1200. The van der Waals surface area contributed by atoms with Gasteiger partial charge in [-0.25, -0.2) is 8.42 Å². The predicted molar refractivity (Wildman–Crippen MR) is 119 cm³/mol. The van der Waals surface area contributed by atoms with Crippen LogP contribution in [0.25, 0.3) is 10.6 Å². The van der Waals surface area contributed by atoms with E-state index in [1.54, 1.807) is 6.92 Å². The molecular weight excluding hydrogens is 477 g/mol. The van der Waals surface area contributed by atoms with Gasteiger partial charge in [-0.2, -0.15) is 17.5 Å². The molecule has 3 aromatic rings. The highest BCUT2D eigenvalue weighted by molar-refractivity contribution is 7.89. The fraction of sp³-hybridized carbons (Fsp3) is 0.286. The summed E-state index contributed by atoms with van der Waals surface area (Å²) in [7, 11) is -4.22. The summed E-state index contributed by atoms with van der Waals surface area (Å²) in [6, 6.07) is 12.8. The minimum Gasteiger partial charge on any atom is -0.300 e. The van der Waals surface area contributed by atoms with Gasteiger partial charge in [0.1, 0.15) is 5.01 Å². The van der Waals surface area contributed by atoms with Gasteiger partial charge < -0.3 is 5.32 Å². The summed E-state index contributed by atoms with van der Waals surface area (Å²) < 4.78 is 65.9. The van der Waals surface area contributed by atoms with Gasteiger partial charge in [-0.3, -0.25) is 4.79 Å². The zero-order valence-electron chi connectivity index (χ0n) is 17.5. The number of halogens is 3. The van der Waals surface area contributed by atoms with Crippen molar-refractivity contribution in [1.82, 2.24) is 14.5 Å². The number of sulfonamides is 1. The molecule has 33 heavy (non-hydrogen) atoms. The normalized spacial score (nSPS) is 12.2. The van der Waals surface area contributed by atoms with E-state index < -0.39 is 32.6 Å². The summed E-state index contributed by atoms with van der Waals surface area (Å²) in [6.07, 6.45) is -4.43. The number of hydrogen-bond donors (Lipinski definition) is 1. The number of amides is 1. The van der Waals surface area contributed by atoms with Crippen LogP contribution >= 0.6 is 11.3 Å². The summed E-state index contributed by atoms with van der Waals surface area (Å²) in [4.78, 5) is 11.9. The van der Waals surface area contributed by atoms with Gasteiger partial charge in [-0.15, -0.1) is 10.2 Å². The van der Waals surface area contributed by atoms with Gasteiger partial charge in [0.05, 0.1) is 10.5 Å². The molecule has 0 bridgehead atoms. The second-order valence-electron chi connectivity index (χ2n) is 7.01. The Morgan fingerprint density at radius 2 is 1.79 bits per heavy atom. The van der Waals surface area contributed by atoms with Crippen molar-refractivity contribution < 1.29 is 26.4 Å². The van der Waals surface area contributed by atoms with Crippen molar-refractivity contribution in [2.24, 2.45) is 0 Å². The quantitative estimate of drug-likeness (QED) is 0.464. The van der Waals surface area contributed by atoms with Crippen LogP contribution in [0.15, 0.2) is 59.5 Å². The van der Waals surface area contributed by atoms with Gasteiger partial charge in [0.25, 0.3) is 0 Å². The van der Waals surface area contributed by atoms with Crippen LogP contribution in [-0.4, -0.2) is 41.9 Å². The average Bonchev–Trinajstić information content (AvgIpc) is 3.25. The molecule has 0 aliphatic rings. The SMILES string of the molecule is CCCN(CCC(=O)Nc1nnc(-c2ccccc2)s1)S(=O)(=O)c1cccc(C(F)(F)F)c1. The van der Waals surface area contributed by atoms with Crippen molar-refractivity contribution in [3.63, 3.8) is 0 Å². The zero-order chi connectivity index (χ0) is 24.1. The molecule has 2 aromatic carbocycles. The molecule has 0 atom stereocenters. The first kappa shape index (κ1) is 24.8. The lowest BCUT2D eigenvalue weighted by Gasteiger charge is -2.22. The van der Waals surface area contributed by atoms with Crippen LogP contribution in [0.1, 0.15) is 25.3 Å². The smallest absolute Gasteiger partial charge is 0.300 e. The maximum Gasteiger partial charge on any atom is 0.416 e.